The Bertz CT molecular complexity index is 772. The van der Waals surface area contributed by atoms with E-state index in [1.54, 1.807) is 11.1 Å². The van der Waals surface area contributed by atoms with Crippen molar-refractivity contribution in [3.05, 3.63) is 70.1 Å². The smallest absolute Gasteiger partial charge is 0.0346 e. The van der Waals surface area contributed by atoms with Crippen molar-refractivity contribution in [3.8, 4) is 0 Å². The molecule has 0 aliphatic heterocycles. The average molecular weight is 293 g/mol. The second-order valence-corrected chi connectivity index (χ2v) is 6.73. The fraction of sp³-hybridized carbons (Fsp3) is 0.263. The molecule has 0 saturated heterocycles. The predicted octanol–water partition coefficient (Wildman–Crippen LogP) is 4.68. The van der Waals surface area contributed by atoms with Crippen LogP contribution in [0.15, 0.2) is 47.8 Å². The zero-order valence-corrected chi connectivity index (χ0v) is 12.9. The third kappa shape index (κ3) is 2.61. The van der Waals surface area contributed by atoms with Gasteiger partial charge in [0.15, 0.2) is 0 Å². The molecule has 0 bridgehead atoms. The van der Waals surface area contributed by atoms with Gasteiger partial charge in [-0.05, 0) is 58.3 Å². The van der Waals surface area contributed by atoms with E-state index in [0.717, 1.165) is 13.1 Å². The van der Waals surface area contributed by atoms with Gasteiger partial charge in [-0.2, -0.15) is 0 Å². The lowest BCUT2D eigenvalue weighted by atomic mass is 10.1. The summed E-state index contributed by atoms with van der Waals surface area (Å²) in [6, 6.07) is 15.6. The van der Waals surface area contributed by atoms with Crippen molar-refractivity contribution in [2.75, 3.05) is 0 Å². The summed E-state index contributed by atoms with van der Waals surface area (Å²) in [4.78, 5) is 0. The van der Waals surface area contributed by atoms with Gasteiger partial charge >= 0.3 is 0 Å². The van der Waals surface area contributed by atoms with Crippen LogP contribution < -0.4 is 5.32 Å². The lowest BCUT2D eigenvalue weighted by Gasteiger charge is -2.07. The van der Waals surface area contributed by atoms with Crippen LogP contribution >= 0.6 is 11.3 Å². The molecule has 0 spiro atoms. The highest BCUT2D eigenvalue weighted by Crippen LogP contribution is 2.26. The Morgan fingerprint density at radius 1 is 0.952 bits per heavy atom. The van der Waals surface area contributed by atoms with Crippen LogP contribution in [0.3, 0.4) is 0 Å². The minimum absolute atomic E-state index is 0.946. The predicted molar refractivity (Wildman–Crippen MR) is 90.8 cm³/mol. The van der Waals surface area contributed by atoms with E-state index < -0.39 is 0 Å². The van der Waals surface area contributed by atoms with E-state index in [1.807, 2.05) is 11.3 Å². The highest BCUT2D eigenvalue weighted by molar-refractivity contribution is 7.17. The standard InChI is InChI=1S/C19H19NS/c1-2-7-19-18(6-1)17(13-21-19)12-20-11-14-8-9-15-4-3-5-16(15)10-14/h1-2,6-10,13,20H,3-5,11-12H2. The lowest BCUT2D eigenvalue weighted by molar-refractivity contribution is 0.697. The largest absolute Gasteiger partial charge is 0.309 e. The van der Waals surface area contributed by atoms with E-state index in [-0.39, 0.29) is 0 Å². The van der Waals surface area contributed by atoms with Crippen molar-refractivity contribution < 1.29 is 0 Å². The molecule has 1 aromatic heterocycles. The second kappa shape index (κ2) is 5.63. The maximum atomic E-state index is 3.59. The van der Waals surface area contributed by atoms with Gasteiger partial charge in [0.25, 0.3) is 0 Å². The summed E-state index contributed by atoms with van der Waals surface area (Å²) in [6.45, 7) is 1.90. The third-order valence-electron chi connectivity index (χ3n) is 4.37. The number of thiophene rings is 1. The van der Waals surface area contributed by atoms with E-state index in [4.69, 9.17) is 0 Å². The quantitative estimate of drug-likeness (QED) is 0.736. The Hall–Kier alpha value is -1.64. The van der Waals surface area contributed by atoms with Gasteiger partial charge in [-0.15, -0.1) is 11.3 Å². The lowest BCUT2D eigenvalue weighted by Crippen LogP contribution is -2.12. The molecular weight excluding hydrogens is 274 g/mol. The summed E-state index contributed by atoms with van der Waals surface area (Å²) in [6.07, 6.45) is 3.86. The van der Waals surface area contributed by atoms with Crippen molar-refractivity contribution in [2.24, 2.45) is 0 Å². The Morgan fingerprint density at radius 3 is 2.86 bits per heavy atom. The van der Waals surface area contributed by atoms with E-state index in [0.29, 0.717) is 0 Å². The molecule has 0 amide bonds. The van der Waals surface area contributed by atoms with Gasteiger partial charge in [-0.3, -0.25) is 0 Å². The van der Waals surface area contributed by atoms with Crippen LogP contribution in [0.25, 0.3) is 10.1 Å². The summed E-state index contributed by atoms with van der Waals surface area (Å²) in [5.41, 5.74) is 5.95. The number of hydrogen-bond donors (Lipinski definition) is 1. The number of hydrogen-bond acceptors (Lipinski definition) is 2. The van der Waals surface area contributed by atoms with Crippen molar-refractivity contribution in [1.29, 1.82) is 0 Å². The van der Waals surface area contributed by atoms with E-state index in [9.17, 15) is 0 Å². The molecule has 4 rings (SSSR count). The molecule has 0 unspecified atom stereocenters. The summed E-state index contributed by atoms with van der Waals surface area (Å²) < 4.78 is 1.38. The molecule has 0 fully saturated rings. The normalized spacial score (nSPS) is 13.7. The fourth-order valence-corrected chi connectivity index (χ4v) is 4.21. The highest BCUT2D eigenvalue weighted by Gasteiger charge is 2.10. The Kier molecular flexibility index (Phi) is 3.50. The molecular formula is C19H19NS. The maximum Gasteiger partial charge on any atom is 0.0346 e. The fourth-order valence-electron chi connectivity index (χ4n) is 3.25. The van der Waals surface area contributed by atoms with Gasteiger partial charge < -0.3 is 5.32 Å². The topological polar surface area (TPSA) is 12.0 Å². The first-order valence-corrected chi connectivity index (χ1v) is 8.54. The molecule has 21 heavy (non-hydrogen) atoms. The van der Waals surface area contributed by atoms with Gasteiger partial charge in [0, 0.05) is 17.8 Å². The third-order valence-corrected chi connectivity index (χ3v) is 5.38. The van der Waals surface area contributed by atoms with E-state index in [1.165, 1.54) is 40.5 Å². The number of fused-ring (bicyclic) bond motifs is 2. The van der Waals surface area contributed by atoms with E-state index >= 15 is 0 Å². The number of benzene rings is 2. The first-order chi connectivity index (χ1) is 10.4. The first-order valence-electron chi connectivity index (χ1n) is 7.67. The van der Waals surface area contributed by atoms with Crippen molar-refractivity contribution in [3.63, 3.8) is 0 Å². The Balaban J connectivity index is 1.43. The van der Waals surface area contributed by atoms with Crippen LogP contribution in [-0.2, 0) is 25.9 Å². The zero-order chi connectivity index (χ0) is 14.1. The van der Waals surface area contributed by atoms with Gasteiger partial charge in [0.1, 0.15) is 0 Å². The molecule has 1 N–H and O–H groups in total. The van der Waals surface area contributed by atoms with Gasteiger partial charge in [0.2, 0.25) is 0 Å². The molecule has 1 aliphatic rings. The van der Waals surface area contributed by atoms with Crippen molar-refractivity contribution in [1.82, 2.24) is 5.32 Å². The average Bonchev–Trinajstić information content (AvgIpc) is 3.14. The molecule has 3 aromatic rings. The van der Waals surface area contributed by atoms with Gasteiger partial charge in [-0.25, -0.2) is 0 Å². The minimum atomic E-state index is 0.946. The monoisotopic (exact) mass is 293 g/mol. The van der Waals surface area contributed by atoms with Gasteiger partial charge in [-0.1, -0.05) is 36.4 Å². The molecule has 0 radical (unpaired) electrons. The second-order valence-electron chi connectivity index (χ2n) is 5.82. The Morgan fingerprint density at radius 2 is 1.86 bits per heavy atom. The number of nitrogens with one attached hydrogen (secondary N) is 1. The van der Waals surface area contributed by atoms with Crippen LogP contribution in [0.4, 0.5) is 0 Å². The number of rotatable bonds is 4. The van der Waals surface area contributed by atoms with E-state index in [2.05, 4.69) is 53.2 Å². The molecule has 106 valence electrons. The molecule has 1 heterocycles. The maximum absolute atomic E-state index is 3.59. The first kappa shape index (κ1) is 13.1. The highest BCUT2D eigenvalue weighted by atomic mass is 32.1. The summed E-state index contributed by atoms with van der Waals surface area (Å²) in [7, 11) is 0. The molecule has 0 saturated carbocycles. The zero-order valence-electron chi connectivity index (χ0n) is 12.1. The van der Waals surface area contributed by atoms with Crippen molar-refractivity contribution >= 4 is 21.4 Å². The van der Waals surface area contributed by atoms with Crippen molar-refractivity contribution in [2.45, 2.75) is 32.4 Å². The van der Waals surface area contributed by atoms with Crippen LogP contribution in [-0.4, -0.2) is 0 Å². The van der Waals surface area contributed by atoms with Crippen LogP contribution in [0, 0.1) is 0 Å². The Labute approximate surface area is 129 Å². The SMILES string of the molecule is c1ccc2c(CNCc3ccc4c(c3)CCC4)csc2c1. The molecule has 2 heteroatoms. The molecule has 1 nitrogen and oxygen atoms in total. The molecule has 1 aliphatic carbocycles. The minimum Gasteiger partial charge on any atom is -0.309 e. The van der Waals surface area contributed by atoms with Crippen LogP contribution in [0.5, 0.6) is 0 Å². The van der Waals surface area contributed by atoms with Crippen LogP contribution in [0.2, 0.25) is 0 Å². The number of aryl methyl sites for hydroxylation is 2. The summed E-state index contributed by atoms with van der Waals surface area (Å²) >= 11 is 1.84. The molecule has 0 atom stereocenters. The summed E-state index contributed by atoms with van der Waals surface area (Å²) in [5.74, 6) is 0. The van der Waals surface area contributed by atoms with Crippen LogP contribution in [0.1, 0.15) is 28.7 Å². The van der Waals surface area contributed by atoms with Gasteiger partial charge in [0.05, 0.1) is 0 Å². The summed E-state index contributed by atoms with van der Waals surface area (Å²) in [5, 5.41) is 7.26. The molecule has 2 aromatic carbocycles.